The van der Waals surface area contributed by atoms with E-state index in [2.05, 4.69) is 18.6 Å². The number of hydrogen-bond donors (Lipinski definition) is 2. The molecule has 0 spiro atoms. The monoisotopic (exact) mass is 357 g/mol. The van der Waals surface area contributed by atoms with Crippen molar-refractivity contribution in [1.29, 1.82) is 0 Å². The lowest BCUT2D eigenvalue weighted by Gasteiger charge is -2.33. The van der Waals surface area contributed by atoms with Gasteiger partial charge in [-0.3, -0.25) is 0 Å². The molecule has 22 heavy (non-hydrogen) atoms. The highest BCUT2D eigenvalue weighted by atomic mass is 35.5. The minimum Gasteiger partial charge on any atom is -0.478 e. The molecule has 0 aromatic heterocycles. The summed E-state index contributed by atoms with van der Waals surface area (Å²) in [6.45, 7) is 7.98. The van der Waals surface area contributed by atoms with Crippen LogP contribution in [0.25, 0.3) is 0 Å². The van der Waals surface area contributed by atoms with Crippen molar-refractivity contribution in [2.45, 2.75) is 19.8 Å². The number of allylic oxidation sites excluding steroid dienone is 3. The standard InChI is InChI=1S/C16H18Cl2NO2P/c1-8-12(16(20)21)13(15(22(3)4)9(2)19-8)10-6-5-7-11(17)14(10)18/h5-7,13,19H,1-4H3,(H,20,21). The quantitative estimate of drug-likeness (QED) is 0.747. The molecule has 2 rings (SSSR count). The Morgan fingerprint density at radius 3 is 2.41 bits per heavy atom. The molecule has 118 valence electrons. The Kier molecular flexibility index (Phi) is 5.21. The second-order valence-corrected chi connectivity index (χ2v) is 8.51. The fraction of sp³-hybridized carbons (Fsp3) is 0.312. The lowest BCUT2D eigenvalue weighted by atomic mass is 9.86. The van der Waals surface area contributed by atoms with E-state index in [1.165, 1.54) is 0 Å². The molecule has 1 atom stereocenters. The molecule has 0 amide bonds. The van der Waals surface area contributed by atoms with E-state index in [-0.39, 0.29) is 5.92 Å². The van der Waals surface area contributed by atoms with Gasteiger partial charge in [0, 0.05) is 17.3 Å². The van der Waals surface area contributed by atoms with Crippen molar-refractivity contribution in [2.75, 3.05) is 13.3 Å². The molecular weight excluding hydrogens is 340 g/mol. The molecule has 0 aliphatic carbocycles. The topological polar surface area (TPSA) is 49.3 Å². The van der Waals surface area contributed by atoms with Gasteiger partial charge in [0.25, 0.3) is 0 Å². The SMILES string of the molecule is CC1=C(C(=O)O)C(c2cccc(Cl)c2Cl)C(P(C)C)=C(C)N1. The largest absolute Gasteiger partial charge is 0.478 e. The second-order valence-electron chi connectivity index (χ2n) is 5.45. The Balaban J connectivity index is 2.75. The van der Waals surface area contributed by atoms with Crippen LogP contribution in [0, 0.1) is 0 Å². The van der Waals surface area contributed by atoms with Gasteiger partial charge >= 0.3 is 5.97 Å². The summed E-state index contributed by atoms with van der Waals surface area (Å²) in [6, 6.07) is 5.37. The summed E-state index contributed by atoms with van der Waals surface area (Å²) >= 11 is 12.5. The van der Waals surface area contributed by atoms with E-state index in [1.54, 1.807) is 19.1 Å². The van der Waals surface area contributed by atoms with Crippen LogP contribution < -0.4 is 5.32 Å². The summed E-state index contributed by atoms with van der Waals surface area (Å²) in [6.07, 6.45) is 0. The van der Waals surface area contributed by atoms with Gasteiger partial charge in [0.15, 0.2) is 0 Å². The van der Waals surface area contributed by atoms with E-state index in [0.29, 0.717) is 21.3 Å². The number of rotatable bonds is 3. The van der Waals surface area contributed by atoms with Gasteiger partial charge in [-0.1, -0.05) is 43.3 Å². The zero-order valence-electron chi connectivity index (χ0n) is 12.9. The van der Waals surface area contributed by atoms with Crippen LogP contribution in [-0.4, -0.2) is 24.4 Å². The number of aliphatic carboxylic acids is 1. The van der Waals surface area contributed by atoms with E-state index in [9.17, 15) is 9.90 Å². The molecule has 1 aromatic carbocycles. The fourth-order valence-corrected chi connectivity index (χ4v) is 4.83. The summed E-state index contributed by atoms with van der Waals surface area (Å²) in [5.74, 6) is -1.31. The summed E-state index contributed by atoms with van der Waals surface area (Å²) in [5, 5.41) is 14.8. The van der Waals surface area contributed by atoms with Gasteiger partial charge in [0.2, 0.25) is 0 Å². The van der Waals surface area contributed by atoms with Crippen LogP contribution >= 0.6 is 31.1 Å². The number of hydrogen-bond acceptors (Lipinski definition) is 2. The first-order valence-electron chi connectivity index (χ1n) is 6.78. The first kappa shape index (κ1) is 17.3. The van der Waals surface area contributed by atoms with E-state index in [4.69, 9.17) is 23.2 Å². The maximum absolute atomic E-state index is 11.8. The third-order valence-corrected chi connectivity index (χ3v) is 6.12. The number of nitrogens with one attached hydrogen (secondary N) is 1. The summed E-state index contributed by atoms with van der Waals surface area (Å²) < 4.78 is 0. The second kappa shape index (κ2) is 6.62. The zero-order valence-corrected chi connectivity index (χ0v) is 15.3. The lowest BCUT2D eigenvalue weighted by Crippen LogP contribution is -2.27. The van der Waals surface area contributed by atoms with Gasteiger partial charge < -0.3 is 10.4 Å². The van der Waals surface area contributed by atoms with Gasteiger partial charge in [0.05, 0.1) is 15.6 Å². The van der Waals surface area contributed by atoms with Crippen molar-refractivity contribution in [2.24, 2.45) is 0 Å². The van der Waals surface area contributed by atoms with Crippen molar-refractivity contribution in [3.05, 3.63) is 56.1 Å². The molecule has 0 radical (unpaired) electrons. The first-order valence-corrected chi connectivity index (χ1v) is 9.78. The normalized spacial score (nSPS) is 18.8. The minimum atomic E-state index is -0.937. The Morgan fingerprint density at radius 1 is 1.23 bits per heavy atom. The van der Waals surface area contributed by atoms with Crippen LogP contribution in [0.3, 0.4) is 0 Å². The molecule has 0 fully saturated rings. The smallest absolute Gasteiger partial charge is 0.334 e. The number of benzene rings is 1. The predicted octanol–water partition coefficient (Wildman–Crippen LogP) is 5.01. The highest BCUT2D eigenvalue weighted by Gasteiger charge is 2.35. The highest BCUT2D eigenvalue weighted by Crippen LogP contribution is 2.53. The lowest BCUT2D eigenvalue weighted by molar-refractivity contribution is -0.133. The van der Waals surface area contributed by atoms with Crippen molar-refractivity contribution in [3.63, 3.8) is 0 Å². The van der Waals surface area contributed by atoms with E-state index in [0.717, 1.165) is 16.6 Å². The van der Waals surface area contributed by atoms with Gasteiger partial charge in [-0.2, -0.15) is 0 Å². The third kappa shape index (κ3) is 3.03. The number of carboxylic acids is 1. The average molecular weight is 358 g/mol. The molecular formula is C16H18Cl2NO2P. The average Bonchev–Trinajstić information content (AvgIpc) is 2.39. The third-order valence-electron chi connectivity index (χ3n) is 3.73. The Hall–Kier alpha value is -1.02. The number of carbonyl (C=O) groups is 1. The fourth-order valence-electron chi connectivity index (χ4n) is 2.91. The zero-order chi connectivity index (χ0) is 16.6. The van der Waals surface area contributed by atoms with E-state index in [1.807, 2.05) is 13.0 Å². The van der Waals surface area contributed by atoms with Crippen molar-refractivity contribution >= 4 is 37.1 Å². The Morgan fingerprint density at radius 2 is 1.86 bits per heavy atom. The van der Waals surface area contributed by atoms with E-state index < -0.39 is 13.9 Å². The molecule has 0 saturated carbocycles. The van der Waals surface area contributed by atoms with Crippen LogP contribution in [0.15, 0.2) is 40.5 Å². The first-order chi connectivity index (χ1) is 10.3. The molecule has 2 N–H and O–H groups in total. The van der Waals surface area contributed by atoms with Gasteiger partial charge in [-0.05, 0) is 44.1 Å². The number of carboxylic acid groups (broad SMARTS) is 1. The van der Waals surface area contributed by atoms with E-state index >= 15 is 0 Å². The molecule has 6 heteroatoms. The number of dihydropyridines is 1. The Bertz CT molecular complexity index is 695. The van der Waals surface area contributed by atoms with Crippen molar-refractivity contribution < 1.29 is 9.90 Å². The molecule has 1 heterocycles. The summed E-state index contributed by atoms with van der Waals surface area (Å²) in [7, 11) is -0.495. The van der Waals surface area contributed by atoms with Crippen LogP contribution in [0.2, 0.25) is 10.0 Å². The molecule has 3 nitrogen and oxygen atoms in total. The Labute approximate surface area is 141 Å². The molecule has 1 aliphatic heterocycles. The van der Waals surface area contributed by atoms with Gasteiger partial charge in [-0.15, -0.1) is 0 Å². The molecule has 0 bridgehead atoms. The number of halogens is 2. The van der Waals surface area contributed by atoms with Crippen LogP contribution in [0.1, 0.15) is 25.3 Å². The van der Waals surface area contributed by atoms with Crippen molar-refractivity contribution in [1.82, 2.24) is 5.32 Å². The van der Waals surface area contributed by atoms with Crippen molar-refractivity contribution in [3.8, 4) is 0 Å². The van der Waals surface area contributed by atoms with Crippen LogP contribution in [0.4, 0.5) is 0 Å². The minimum absolute atomic E-state index is 0.334. The molecule has 1 aromatic rings. The van der Waals surface area contributed by atoms with Crippen LogP contribution in [0.5, 0.6) is 0 Å². The highest BCUT2D eigenvalue weighted by molar-refractivity contribution is 7.60. The summed E-state index contributed by atoms with van der Waals surface area (Å²) in [5.41, 5.74) is 2.73. The van der Waals surface area contributed by atoms with Gasteiger partial charge in [-0.25, -0.2) is 4.79 Å². The molecule has 1 aliphatic rings. The molecule has 1 unspecified atom stereocenters. The maximum atomic E-state index is 11.8. The van der Waals surface area contributed by atoms with Crippen LogP contribution in [-0.2, 0) is 4.79 Å². The summed E-state index contributed by atoms with van der Waals surface area (Å²) in [4.78, 5) is 11.8. The predicted molar refractivity (Wildman–Crippen MR) is 94.1 cm³/mol. The maximum Gasteiger partial charge on any atom is 0.334 e. The molecule has 0 saturated heterocycles. The van der Waals surface area contributed by atoms with Gasteiger partial charge in [0.1, 0.15) is 0 Å².